The number of hydrogen-bond acceptors (Lipinski definition) is 3. The van der Waals surface area contributed by atoms with Gasteiger partial charge in [-0.2, -0.15) is 0 Å². The van der Waals surface area contributed by atoms with Crippen LogP contribution in [0, 0.1) is 0 Å². The standard InChI is InChI=1S/C8H6N2.CH2O2/c1-3-7-8(9-5-1)4-2-6-10-7;2-1-3/h1-6H;1H,(H,2,3). The molecule has 0 saturated heterocycles. The van der Waals surface area contributed by atoms with E-state index >= 15 is 0 Å². The summed E-state index contributed by atoms with van der Waals surface area (Å²) in [7, 11) is 0. The van der Waals surface area contributed by atoms with Crippen LogP contribution in [0.15, 0.2) is 36.7 Å². The minimum atomic E-state index is -0.250. The summed E-state index contributed by atoms with van der Waals surface area (Å²) in [4.78, 5) is 16.6. The van der Waals surface area contributed by atoms with Crippen LogP contribution in [0.3, 0.4) is 0 Å². The molecule has 2 rings (SSSR count). The molecule has 0 aromatic carbocycles. The van der Waals surface area contributed by atoms with Crippen molar-refractivity contribution in [2.75, 3.05) is 0 Å². The quantitative estimate of drug-likeness (QED) is 0.615. The first kappa shape index (κ1) is 9.12. The van der Waals surface area contributed by atoms with Crippen molar-refractivity contribution in [3.63, 3.8) is 0 Å². The average molecular weight is 176 g/mol. The van der Waals surface area contributed by atoms with Crippen LogP contribution in [0.1, 0.15) is 0 Å². The van der Waals surface area contributed by atoms with Crippen LogP contribution >= 0.6 is 0 Å². The number of aromatic nitrogens is 2. The first-order valence-electron chi connectivity index (χ1n) is 3.62. The number of hydrogen-bond donors (Lipinski definition) is 1. The predicted octanol–water partition coefficient (Wildman–Crippen LogP) is 1.33. The Morgan fingerprint density at radius 3 is 1.85 bits per heavy atom. The van der Waals surface area contributed by atoms with Crippen LogP contribution in [0.4, 0.5) is 0 Å². The minimum absolute atomic E-state index is 0.250. The molecule has 66 valence electrons. The second-order valence-electron chi connectivity index (χ2n) is 2.15. The van der Waals surface area contributed by atoms with Crippen molar-refractivity contribution in [3.05, 3.63) is 36.7 Å². The Balaban J connectivity index is 0.000000251. The highest BCUT2D eigenvalue weighted by Gasteiger charge is 1.88. The fraction of sp³-hybridized carbons (Fsp3) is 0. The fourth-order valence-corrected chi connectivity index (χ4v) is 0.904. The van der Waals surface area contributed by atoms with Crippen molar-refractivity contribution in [2.24, 2.45) is 0 Å². The molecule has 0 aliphatic heterocycles. The molecule has 0 fully saturated rings. The van der Waals surface area contributed by atoms with Crippen LogP contribution in [0.2, 0.25) is 0 Å². The maximum Gasteiger partial charge on any atom is 0.290 e. The fourth-order valence-electron chi connectivity index (χ4n) is 0.904. The van der Waals surface area contributed by atoms with Gasteiger partial charge in [-0.25, -0.2) is 0 Å². The molecule has 4 nitrogen and oxygen atoms in total. The molecular formula is C9H8N2O2. The lowest BCUT2D eigenvalue weighted by Gasteiger charge is -1.90. The van der Waals surface area contributed by atoms with E-state index in [-0.39, 0.29) is 6.47 Å². The van der Waals surface area contributed by atoms with Gasteiger partial charge in [0.1, 0.15) is 0 Å². The van der Waals surface area contributed by atoms with Crippen LogP contribution < -0.4 is 0 Å². The molecule has 0 amide bonds. The predicted molar refractivity (Wildman–Crippen MR) is 48.2 cm³/mol. The van der Waals surface area contributed by atoms with E-state index in [1.165, 1.54) is 0 Å². The lowest BCUT2D eigenvalue weighted by Crippen LogP contribution is -1.78. The third kappa shape index (κ3) is 2.52. The molecule has 1 N–H and O–H groups in total. The molecular weight excluding hydrogens is 168 g/mol. The average Bonchev–Trinajstić information content (AvgIpc) is 2.19. The largest absolute Gasteiger partial charge is 0.483 e. The second-order valence-corrected chi connectivity index (χ2v) is 2.15. The molecule has 13 heavy (non-hydrogen) atoms. The molecule has 2 aromatic rings. The number of carbonyl (C=O) groups is 1. The second kappa shape index (κ2) is 4.82. The molecule has 4 heteroatoms. The Kier molecular flexibility index (Phi) is 3.38. The first-order valence-corrected chi connectivity index (χ1v) is 3.62. The molecule has 0 aliphatic rings. The number of nitrogens with zero attached hydrogens (tertiary/aromatic N) is 2. The van der Waals surface area contributed by atoms with Crippen molar-refractivity contribution < 1.29 is 9.90 Å². The van der Waals surface area contributed by atoms with Crippen molar-refractivity contribution in [3.8, 4) is 0 Å². The summed E-state index contributed by atoms with van der Waals surface area (Å²) >= 11 is 0. The molecule has 0 saturated carbocycles. The van der Waals surface area contributed by atoms with Crippen LogP contribution in [-0.2, 0) is 4.79 Å². The highest BCUT2D eigenvalue weighted by Crippen LogP contribution is 2.04. The normalized spacial score (nSPS) is 8.62. The Labute approximate surface area is 74.9 Å². The SMILES string of the molecule is O=CO.c1cnc2cccnc2c1. The molecule has 0 aliphatic carbocycles. The van der Waals surface area contributed by atoms with Gasteiger partial charge in [-0.15, -0.1) is 0 Å². The van der Waals surface area contributed by atoms with Gasteiger partial charge in [-0.3, -0.25) is 14.8 Å². The van der Waals surface area contributed by atoms with Gasteiger partial charge in [-0.1, -0.05) is 0 Å². The molecule has 0 atom stereocenters. The Hall–Kier alpha value is -1.97. The summed E-state index contributed by atoms with van der Waals surface area (Å²) < 4.78 is 0. The Morgan fingerprint density at radius 2 is 1.46 bits per heavy atom. The van der Waals surface area contributed by atoms with Crippen LogP contribution in [0.5, 0.6) is 0 Å². The monoisotopic (exact) mass is 176 g/mol. The van der Waals surface area contributed by atoms with E-state index < -0.39 is 0 Å². The molecule has 0 unspecified atom stereocenters. The number of pyridine rings is 2. The van der Waals surface area contributed by atoms with E-state index in [1.807, 2.05) is 24.3 Å². The van der Waals surface area contributed by atoms with Gasteiger partial charge in [0.25, 0.3) is 6.47 Å². The van der Waals surface area contributed by atoms with Crippen LogP contribution in [0.25, 0.3) is 11.0 Å². The Bertz CT molecular complexity index is 325. The van der Waals surface area contributed by atoms with E-state index in [1.54, 1.807) is 12.4 Å². The van der Waals surface area contributed by atoms with Crippen molar-refractivity contribution in [2.45, 2.75) is 0 Å². The van der Waals surface area contributed by atoms with E-state index in [2.05, 4.69) is 9.97 Å². The number of fused-ring (bicyclic) bond motifs is 1. The smallest absolute Gasteiger partial charge is 0.290 e. The van der Waals surface area contributed by atoms with Gasteiger partial charge in [0.05, 0.1) is 11.0 Å². The van der Waals surface area contributed by atoms with Gasteiger partial charge >= 0.3 is 0 Å². The molecule has 0 radical (unpaired) electrons. The van der Waals surface area contributed by atoms with E-state index in [0.717, 1.165) is 11.0 Å². The lowest BCUT2D eigenvalue weighted by molar-refractivity contribution is -0.122. The molecule has 0 bridgehead atoms. The molecule has 2 heterocycles. The van der Waals surface area contributed by atoms with Crippen molar-refractivity contribution in [1.29, 1.82) is 0 Å². The minimum Gasteiger partial charge on any atom is -0.483 e. The summed E-state index contributed by atoms with van der Waals surface area (Å²) in [5.74, 6) is 0. The van der Waals surface area contributed by atoms with Gasteiger partial charge in [0.2, 0.25) is 0 Å². The van der Waals surface area contributed by atoms with Crippen molar-refractivity contribution in [1.82, 2.24) is 9.97 Å². The highest BCUT2D eigenvalue weighted by molar-refractivity contribution is 5.72. The third-order valence-electron chi connectivity index (χ3n) is 1.37. The lowest BCUT2D eigenvalue weighted by atomic mass is 10.3. The number of rotatable bonds is 0. The van der Waals surface area contributed by atoms with Gasteiger partial charge in [0.15, 0.2) is 0 Å². The maximum atomic E-state index is 8.36. The number of carboxylic acid groups (broad SMARTS) is 1. The van der Waals surface area contributed by atoms with Gasteiger partial charge < -0.3 is 5.11 Å². The van der Waals surface area contributed by atoms with E-state index in [0.29, 0.717) is 0 Å². The summed E-state index contributed by atoms with van der Waals surface area (Å²) in [6.07, 6.45) is 3.54. The zero-order valence-electron chi connectivity index (χ0n) is 6.79. The zero-order valence-corrected chi connectivity index (χ0v) is 6.79. The highest BCUT2D eigenvalue weighted by atomic mass is 16.3. The maximum absolute atomic E-state index is 8.36. The molecule has 2 aromatic heterocycles. The van der Waals surface area contributed by atoms with Crippen LogP contribution in [-0.4, -0.2) is 21.5 Å². The topological polar surface area (TPSA) is 63.1 Å². The third-order valence-corrected chi connectivity index (χ3v) is 1.37. The first-order chi connectivity index (χ1) is 6.38. The summed E-state index contributed by atoms with van der Waals surface area (Å²) in [6, 6.07) is 7.66. The summed E-state index contributed by atoms with van der Waals surface area (Å²) in [5, 5.41) is 6.89. The Morgan fingerprint density at radius 1 is 1.08 bits per heavy atom. The van der Waals surface area contributed by atoms with Gasteiger partial charge in [0, 0.05) is 12.4 Å². The van der Waals surface area contributed by atoms with E-state index in [9.17, 15) is 0 Å². The van der Waals surface area contributed by atoms with Crippen molar-refractivity contribution >= 4 is 17.5 Å². The zero-order chi connectivity index (χ0) is 9.52. The molecule has 0 spiro atoms. The van der Waals surface area contributed by atoms with E-state index in [4.69, 9.17) is 9.90 Å². The summed E-state index contributed by atoms with van der Waals surface area (Å²) in [5.41, 5.74) is 1.90. The van der Waals surface area contributed by atoms with Gasteiger partial charge in [-0.05, 0) is 24.3 Å². The summed E-state index contributed by atoms with van der Waals surface area (Å²) in [6.45, 7) is -0.250.